The molecule has 158 valence electrons. The molecule has 6 heteroatoms. The van der Waals surface area contributed by atoms with E-state index in [9.17, 15) is 8.42 Å². The van der Waals surface area contributed by atoms with Crippen LogP contribution in [0.1, 0.15) is 42.0 Å². The van der Waals surface area contributed by atoms with Crippen LogP contribution in [-0.2, 0) is 10.0 Å². The van der Waals surface area contributed by atoms with E-state index < -0.39 is 10.0 Å². The fourth-order valence-electron chi connectivity index (χ4n) is 4.03. The summed E-state index contributed by atoms with van der Waals surface area (Å²) in [6, 6.07) is 10.0. The van der Waals surface area contributed by atoms with Gasteiger partial charge in [0.25, 0.3) is 0 Å². The molecule has 3 rings (SSSR count). The molecule has 5 nitrogen and oxygen atoms in total. The molecule has 1 aliphatic rings. The fourth-order valence-corrected chi connectivity index (χ4v) is 5.62. The first-order valence-electron chi connectivity index (χ1n) is 10.2. The van der Waals surface area contributed by atoms with Crippen LogP contribution in [0.15, 0.2) is 35.2 Å². The number of benzene rings is 2. The Kier molecular flexibility index (Phi) is 6.24. The van der Waals surface area contributed by atoms with Gasteiger partial charge in [0.05, 0.1) is 7.11 Å². The number of nitrogens with zero attached hydrogens (tertiary/aromatic N) is 2. The van der Waals surface area contributed by atoms with E-state index in [-0.39, 0.29) is 10.8 Å². The zero-order valence-corrected chi connectivity index (χ0v) is 19.1. The van der Waals surface area contributed by atoms with E-state index in [0.29, 0.717) is 31.9 Å². The van der Waals surface area contributed by atoms with Gasteiger partial charge in [-0.1, -0.05) is 26.0 Å². The van der Waals surface area contributed by atoms with Crippen molar-refractivity contribution in [1.29, 1.82) is 0 Å². The van der Waals surface area contributed by atoms with Gasteiger partial charge in [0, 0.05) is 31.9 Å². The lowest BCUT2D eigenvalue weighted by molar-refractivity contribution is 0.374. The molecule has 0 saturated carbocycles. The predicted molar refractivity (Wildman–Crippen MR) is 119 cm³/mol. The molecule has 0 amide bonds. The van der Waals surface area contributed by atoms with Gasteiger partial charge in [-0.2, -0.15) is 4.31 Å². The molecule has 0 aromatic heterocycles. The zero-order chi connectivity index (χ0) is 21.3. The molecule has 1 fully saturated rings. The Morgan fingerprint density at radius 3 is 2.17 bits per heavy atom. The smallest absolute Gasteiger partial charge is 0.246 e. The highest BCUT2D eigenvalue weighted by atomic mass is 32.2. The van der Waals surface area contributed by atoms with Gasteiger partial charge >= 0.3 is 0 Å². The maximum absolute atomic E-state index is 13.4. The van der Waals surface area contributed by atoms with E-state index in [4.69, 9.17) is 4.74 Å². The van der Waals surface area contributed by atoms with E-state index in [1.165, 1.54) is 23.9 Å². The highest BCUT2D eigenvalue weighted by Crippen LogP contribution is 2.33. The van der Waals surface area contributed by atoms with Crippen LogP contribution < -0.4 is 9.64 Å². The van der Waals surface area contributed by atoms with Gasteiger partial charge in [0.2, 0.25) is 10.0 Å². The molecular weight excluding hydrogens is 384 g/mol. The van der Waals surface area contributed by atoms with E-state index in [2.05, 4.69) is 50.8 Å². The molecule has 0 spiro atoms. The Morgan fingerprint density at radius 2 is 1.59 bits per heavy atom. The minimum atomic E-state index is -3.62. The molecule has 0 radical (unpaired) electrons. The van der Waals surface area contributed by atoms with Gasteiger partial charge in [0.1, 0.15) is 10.6 Å². The number of methoxy groups -OCH3 is 1. The average Bonchev–Trinajstić information content (AvgIpc) is 2.69. The molecule has 2 aromatic carbocycles. The van der Waals surface area contributed by atoms with Crippen molar-refractivity contribution < 1.29 is 13.2 Å². The Bertz CT molecular complexity index is 991. The Balaban J connectivity index is 1.87. The maximum Gasteiger partial charge on any atom is 0.246 e. The van der Waals surface area contributed by atoms with E-state index in [0.717, 1.165) is 11.1 Å². The molecule has 0 atom stereocenters. The summed E-state index contributed by atoms with van der Waals surface area (Å²) in [6.45, 7) is 12.6. The van der Waals surface area contributed by atoms with Crippen molar-refractivity contribution >= 4 is 15.7 Å². The van der Waals surface area contributed by atoms with Crippen LogP contribution in [0.4, 0.5) is 5.69 Å². The lowest BCUT2D eigenvalue weighted by Crippen LogP contribution is -2.49. The Hall–Kier alpha value is -2.05. The van der Waals surface area contributed by atoms with Crippen LogP contribution in [-0.4, -0.2) is 46.0 Å². The topological polar surface area (TPSA) is 49.9 Å². The zero-order valence-electron chi connectivity index (χ0n) is 18.3. The first kappa shape index (κ1) is 21.7. The van der Waals surface area contributed by atoms with Crippen LogP contribution in [0.25, 0.3) is 0 Å². The van der Waals surface area contributed by atoms with Crippen LogP contribution in [0.3, 0.4) is 0 Å². The number of sulfonamides is 1. The number of piperazine rings is 1. The van der Waals surface area contributed by atoms with Gasteiger partial charge in [0.15, 0.2) is 0 Å². The van der Waals surface area contributed by atoms with Crippen molar-refractivity contribution in [2.45, 2.75) is 45.4 Å². The Morgan fingerprint density at radius 1 is 0.931 bits per heavy atom. The molecule has 0 bridgehead atoms. The van der Waals surface area contributed by atoms with Crippen molar-refractivity contribution in [3.05, 3.63) is 52.6 Å². The SMILES string of the molecule is COc1cc(C)c(C(C)C)cc1S(=O)(=O)N1CCN(c2cc(C)ccc2C)CC1. The maximum atomic E-state index is 13.4. The summed E-state index contributed by atoms with van der Waals surface area (Å²) < 4.78 is 33.9. The molecule has 0 aliphatic carbocycles. The van der Waals surface area contributed by atoms with Gasteiger partial charge in [-0.05, 0) is 67.1 Å². The fraction of sp³-hybridized carbons (Fsp3) is 0.478. The van der Waals surface area contributed by atoms with E-state index >= 15 is 0 Å². The highest BCUT2D eigenvalue weighted by Gasteiger charge is 2.32. The van der Waals surface area contributed by atoms with E-state index in [1.807, 2.05) is 13.0 Å². The summed E-state index contributed by atoms with van der Waals surface area (Å²) in [4.78, 5) is 2.55. The monoisotopic (exact) mass is 416 g/mol. The summed E-state index contributed by atoms with van der Waals surface area (Å²) in [6.07, 6.45) is 0. The quantitative estimate of drug-likeness (QED) is 0.731. The number of hydrogen-bond acceptors (Lipinski definition) is 4. The minimum absolute atomic E-state index is 0.246. The van der Waals surface area contributed by atoms with Crippen LogP contribution in [0.5, 0.6) is 5.75 Å². The molecule has 1 aliphatic heterocycles. The lowest BCUT2D eigenvalue weighted by atomic mass is 9.98. The molecule has 1 heterocycles. The second-order valence-electron chi connectivity index (χ2n) is 8.20. The summed E-state index contributed by atoms with van der Waals surface area (Å²) in [5.74, 6) is 0.667. The lowest BCUT2D eigenvalue weighted by Gasteiger charge is -2.36. The van der Waals surface area contributed by atoms with Crippen LogP contribution >= 0.6 is 0 Å². The predicted octanol–water partition coefficient (Wildman–Crippen LogP) is 4.25. The summed E-state index contributed by atoms with van der Waals surface area (Å²) in [7, 11) is -2.09. The number of anilines is 1. The first-order valence-corrected chi connectivity index (χ1v) is 11.6. The third-order valence-electron chi connectivity index (χ3n) is 5.74. The average molecular weight is 417 g/mol. The van der Waals surface area contributed by atoms with Crippen molar-refractivity contribution in [3.8, 4) is 5.75 Å². The normalized spacial score (nSPS) is 15.8. The van der Waals surface area contributed by atoms with Gasteiger partial charge < -0.3 is 9.64 Å². The summed E-state index contributed by atoms with van der Waals surface area (Å²) in [5, 5.41) is 0. The van der Waals surface area contributed by atoms with Crippen LogP contribution in [0, 0.1) is 20.8 Å². The van der Waals surface area contributed by atoms with Crippen molar-refractivity contribution in [2.75, 3.05) is 38.2 Å². The standard InChI is InChI=1S/C23H32N2O3S/c1-16(2)20-15-23(22(28-6)14-19(20)5)29(26,27)25-11-9-24(10-12-25)21-13-17(3)7-8-18(21)4/h7-8,13-16H,9-12H2,1-6H3. The first-order chi connectivity index (χ1) is 13.6. The second-order valence-corrected chi connectivity index (χ2v) is 10.1. The van der Waals surface area contributed by atoms with E-state index in [1.54, 1.807) is 10.4 Å². The summed E-state index contributed by atoms with van der Waals surface area (Å²) >= 11 is 0. The number of ether oxygens (including phenoxy) is 1. The van der Waals surface area contributed by atoms with Crippen molar-refractivity contribution in [1.82, 2.24) is 4.31 Å². The third-order valence-corrected chi connectivity index (χ3v) is 7.66. The highest BCUT2D eigenvalue weighted by molar-refractivity contribution is 7.89. The van der Waals surface area contributed by atoms with Gasteiger partial charge in [-0.15, -0.1) is 0 Å². The largest absolute Gasteiger partial charge is 0.495 e. The van der Waals surface area contributed by atoms with Gasteiger partial charge in [-0.3, -0.25) is 0 Å². The molecule has 0 N–H and O–H groups in total. The molecular formula is C23H32N2O3S. The molecule has 2 aromatic rings. The van der Waals surface area contributed by atoms with Crippen LogP contribution in [0.2, 0.25) is 0 Å². The third kappa shape index (κ3) is 4.28. The van der Waals surface area contributed by atoms with Gasteiger partial charge in [-0.25, -0.2) is 8.42 Å². The number of hydrogen-bond donors (Lipinski definition) is 0. The Labute approximate surface area is 175 Å². The van der Waals surface area contributed by atoms with Crippen molar-refractivity contribution in [2.24, 2.45) is 0 Å². The van der Waals surface area contributed by atoms with Crippen molar-refractivity contribution in [3.63, 3.8) is 0 Å². The molecule has 29 heavy (non-hydrogen) atoms. The summed E-state index contributed by atoms with van der Waals surface area (Å²) in [5.41, 5.74) is 5.71. The minimum Gasteiger partial charge on any atom is -0.495 e. The second kappa shape index (κ2) is 8.36. The molecule has 0 unspecified atom stereocenters. The molecule has 1 saturated heterocycles. The number of rotatable bonds is 5. The number of aryl methyl sites for hydroxylation is 3.